The van der Waals surface area contributed by atoms with E-state index >= 15 is 0 Å². The molecule has 0 aromatic heterocycles. The van der Waals surface area contributed by atoms with Crippen molar-refractivity contribution >= 4 is 10.1 Å². The fourth-order valence-corrected chi connectivity index (χ4v) is 3.03. The lowest BCUT2D eigenvalue weighted by Gasteiger charge is -2.11. The molecule has 0 heterocycles. The lowest BCUT2D eigenvalue weighted by Crippen LogP contribution is -2.12. The second-order valence-electron chi connectivity index (χ2n) is 4.72. The van der Waals surface area contributed by atoms with Gasteiger partial charge in [-0.2, -0.15) is 8.42 Å². The highest BCUT2D eigenvalue weighted by Gasteiger charge is 2.21. The van der Waals surface area contributed by atoms with Crippen LogP contribution in [0.5, 0.6) is 5.75 Å². The van der Waals surface area contributed by atoms with E-state index in [1.165, 1.54) is 12.1 Å². The Morgan fingerprint density at radius 1 is 0.950 bits per heavy atom. The molecule has 2 aromatic carbocycles. The van der Waals surface area contributed by atoms with E-state index in [0.717, 1.165) is 11.6 Å². The van der Waals surface area contributed by atoms with E-state index in [0.29, 0.717) is 11.1 Å². The van der Waals surface area contributed by atoms with Gasteiger partial charge in [-0.15, -0.1) is 0 Å². The maximum atomic E-state index is 13.2. The maximum absolute atomic E-state index is 13.2. The SMILES string of the molecule is Cc1ccc(C)c(OS(=O)(=O)c2cc(F)ccc2C)c1. The second-order valence-corrected chi connectivity index (χ2v) is 6.23. The number of benzene rings is 2. The number of hydrogen-bond acceptors (Lipinski definition) is 3. The van der Waals surface area contributed by atoms with Gasteiger partial charge >= 0.3 is 10.1 Å². The van der Waals surface area contributed by atoms with E-state index in [1.54, 1.807) is 26.0 Å². The molecule has 0 fully saturated rings. The van der Waals surface area contributed by atoms with Crippen LogP contribution in [-0.2, 0) is 10.1 Å². The highest BCUT2D eigenvalue weighted by atomic mass is 32.2. The maximum Gasteiger partial charge on any atom is 0.339 e. The average molecular weight is 294 g/mol. The Balaban J connectivity index is 2.46. The van der Waals surface area contributed by atoms with Crippen molar-refractivity contribution in [1.29, 1.82) is 0 Å². The summed E-state index contributed by atoms with van der Waals surface area (Å²) < 4.78 is 42.9. The smallest absolute Gasteiger partial charge is 0.339 e. The Morgan fingerprint density at radius 3 is 2.30 bits per heavy atom. The van der Waals surface area contributed by atoms with Crippen LogP contribution in [0.2, 0.25) is 0 Å². The van der Waals surface area contributed by atoms with Crippen molar-refractivity contribution in [3.8, 4) is 5.75 Å². The summed E-state index contributed by atoms with van der Waals surface area (Å²) in [5, 5.41) is 0. The lowest BCUT2D eigenvalue weighted by atomic mass is 10.1. The largest absolute Gasteiger partial charge is 0.379 e. The molecular weight excluding hydrogens is 279 g/mol. The predicted octanol–water partition coefficient (Wildman–Crippen LogP) is 3.52. The van der Waals surface area contributed by atoms with Crippen LogP contribution in [0, 0.1) is 26.6 Å². The molecule has 0 unspecified atom stereocenters. The van der Waals surface area contributed by atoms with Crippen molar-refractivity contribution < 1.29 is 17.0 Å². The normalized spacial score (nSPS) is 11.4. The highest BCUT2D eigenvalue weighted by Crippen LogP contribution is 2.25. The Kier molecular flexibility index (Phi) is 3.81. The quantitative estimate of drug-likeness (QED) is 0.813. The number of halogens is 1. The standard InChI is InChI=1S/C15H15FO3S/c1-10-4-5-11(2)14(8-10)19-20(17,18)15-9-13(16)7-6-12(15)3/h4-9H,1-3H3. The number of aryl methyl sites for hydroxylation is 3. The van der Waals surface area contributed by atoms with Crippen LogP contribution in [0.15, 0.2) is 41.3 Å². The van der Waals surface area contributed by atoms with Gasteiger partial charge in [0, 0.05) is 0 Å². The topological polar surface area (TPSA) is 43.4 Å². The fourth-order valence-electron chi connectivity index (χ4n) is 1.80. The van der Waals surface area contributed by atoms with E-state index < -0.39 is 15.9 Å². The first kappa shape index (κ1) is 14.5. The van der Waals surface area contributed by atoms with Crippen LogP contribution in [-0.4, -0.2) is 8.42 Å². The molecule has 0 aliphatic heterocycles. The summed E-state index contributed by atoms with van der Waals surface area (Å²) in [7, 11) is -4.05. The summed E-state index contributed by atoms with van der Waals surface area (Å²) in [5.74, 6) is -0.354. The minimum atomic E-state index is -4.05. The molecule has 106 valence electrons. The molecular formula is C15H15FO3S. The molecule has 3 nitrogen and oxygen atoms in total. The molecule has 2 aromatic rings. The van der Waals surface area contributed by atoms with E-state index in [4.69, 9.17) is 4.18 Å². The van der Waals surface area contributed by atoms with Gasteiger partial charge in [-0.1, -0.05) is 18.2 Å². The minimum absolute atomic E-state index is 0.154. The molecule has 0 radical (unpaired) electrons. The van der Waals surface area contributed by atoms with Crippen LogP contribution >= 0.6 is 0 Å². The molecule has 0 N–H and O–H groups in total. The summed E-state index contributed by atoms with van der Waals surface area (Å²) in [6.45, 7) is 5.19. The van der Waals surface area contributed by atoms with E-state index in [2.05, 4.69) is 0 Å². The third-order valence-corrected chi connectivity index (χ3v) is 4.34. The fraction of sp³-hybridized carbons (Fsp3) is 0.200. The van der Waals surface area contributed by atoms with Gasteiger partial charge in [-0.05, 0) is 55.7 Å². The summed E-state index contributed by atoms with van der Waals surface area (Å²) >= 11 is 0. The Morgan fingerprint density at radius 2 is 1.60 bits per heavy atom. The minimum Gasteiger partial charge on any atom is -0.379 e. The molecule has 0 spiro atoms. The van der Waals surface area contributed by atoms with Crippen LogP contribution < -0.4 is 4.18 Å². The molecule has 0 bridgehead atoms. The van der Waals surface area contributed by atoms with E-state index in [1.807, 2.05) is 13.0 Å². The van der Waals surface area contributed by atoms with E-state index in [9.17, 15) is 12.8 Å². The van der Waals surface area contributed by atoms with Crippen LogP contribution in [0.1, 0.15) is 16.7 Å². The van der Waals surface area contributed by atoms with Gasteiger partial charge in [0.25, 0.3) is 0 Å². The van der Waals surface area contributed by atoms with Gasteiger partial charge in [-0.25, -0.2) is 4.39 Å². The van der Waals surface area contributed by atoms with Gasteiger partial charge in [-0.3, -0.25) is 0 Å². The van der Waals surface area contributed by atoms with Gasteiger partial charge in [0.05, 0.1) is 0 Å². The zero-order valence-corrected chi connectivity index (χ0v) is 12.3. The monoisotopic (exact) mass is 294 g/mol. The molecule has 2 rings (SSSR count). The first-order chi connectivity index (χ1) is 9.29. The van der Waals surface area contributed by atoms with Gasteiger partial charge in [0.15, 0.2) is 0 Å². The summed E-state index contributed by atoms with van der Waals surface area (Å²) in [6, 6.07) is 8.87. The van der Waals surface area contributed by atoms with Gasteiger partial charge < -0.3 is 4.18 Å². The van der Waals surface area contributed by atoms with Crippen LogP contribution in [0.3, 0.4) is 0 Å². The zero-order valence-electron chi connectivity index (χ0n) is 11.5. The van der Waals surface area contributed by atoms with Crippen molar-refractivity contribution in [2.45, 2.75) is 25.7 Å². The molecule has 0 atom stereocenters. The van der Waals surface area contributed by atoms with Crippen molar-refractivity contribution in [3.05, 3.63) is 58.9 Å². The Hall–Kier alpha value is -1.88. The zero-order chi connectivity index (χ0) is 14.9. The molecule has 5 heteroatoms. The van der Waals surface area contributed by atoms with Gasteiger partial charge in [0.2, 0.25) is 0 Å². The molecule has 0 saturated carbocycles. The molecule has 20 heavy (non-hydrogen) atoms. The third kappa shape index (κ3) is 2.99. The first-order valence-electron chi connectivity index (χ1n) is 6.07. The highest BCUT2D eigenvalue weighted by molar-refractivity contribution is 7.87. The molecule has 0 amide bonds. The average Bonchev–Trinajstić information content (AvgIpc) is 2.36. The number of rotatable bonds is 3. The lowest BCUT2D eigenvalue weighted by molar-refractivity contribution is 0.482. The summed E-state index contributed by atoms with van der Waals surface area (Å²) in [5.41, 5.74) is 2.03. The van der Waals surface area contributed by atoms with Crippen LogP contribution in [0.4, 0.5) is 4.39 Å². The molecule has 0 aliphatic rings. The van der Waals surface area contributed by atoms with E-state index in [-0.39, 0.29) is 10.6 Å². The predicted molar refractivity (Wildman–Crippen MR) is 74.9 cm³/mol. The van der Waals surface area contributed by atoms with Gasteiger partial charge in [0.1, 0.15) is 16.5 Å². The van der Waals surface area contributed by atoms with Crippen molar-refractivity contribution in [3.63, 3.8) is 0 Å². The van der Waals surface area contributed by atoms with Crippen LogP contribution in [0.25, 0.3) is 0 Å². The first-order valence-corrected chi connectivity index (χ1v) is 7.48. The Labute approximate surface area is 118 Å². The van der Waals surface area contributed by atoms with Crippen molar-refractivity contribution in [2.75, 3.05) is 0 Å². The van der Waals surface area contributed by atoms with Crippen molar-refractivity contribution in [1.82, 2.24) is 0 Å². The Bertz CT molecular complexity index is 752. The second kappa shape index (κ2) is 5.25. The summed E-state index contributed by atoms with van der Waals surface area (Å²) in [4.78, 5) is -0.154. The third-order valence-electron chi connectivity index (χ3n) is 2.96. The number of hydrogen-bond donors (Lipinski definition) is 0. The molecule has 0 saturated heterocycles. The van der Waals surface area contributed by atoms with Crippen molar-refractivity contribution in [2.24, 2.45) is 0 Å². The summed E-state index contributed by atoms with van der Waals surface area (Å²) in [6.07, 6.45) is 0. The molecule has 0 aliphatic carbocycles.